The predicted octanol–water partition coefficient (Wildman–Crippen LogP) is 0.0252. The van der Waals surface area contributed by atoms with Crippen LogP contribution in [0.25, 0.3) is 12.2 Å². The van der Waals surface area contributed by atoms with Gasteiger partial charge in [-0.3, -0.25) is 0 Å². The highest BCUT2D eigenvalue weighted by Gasteiger charge is 2.38. The summed E-state index contributed by atoms with van der Waals surface area (Å²) in [4.78, 5) is 0. The number of rotatable bonds is 2. The van der Waals surface area contributed by atoms with Gasteiger partial charge in [0, 0.05) is 7.11 Å². The van der Waals surface area contributed by atoms with Crippen LogP contribution in [0, 0.1) is 5.92 Å². The smallest absolute Gasteiger partial charge is 0.362 e. The highest BCUT2D eigenvalue weighted by atomic mass is 19.4. The number of hydrogen-bond acceptors (Lipinski definition) is 3. The van der Waals surface area contributed by atoms with Gasteiger partial charge in [-0.2, -0.15) is 13.2 Å². The number of alkyl halides is 3. The van der Waals surface area contributed by atoms with E-state index in [1.807, 2.05) is 0 Å². The fourth-order valence-corrected chi connectivity index (χ4v) is 1.59. The Labute approximate surface area is 89.0 Å². The molecule has 0 N–H and O–H groups in total. The molecule has 0 saturated carbocycles. The molecule has 1 aliphatic carbocycles. The first-order valence-corrected chi connectivity index (χ1v) is 4.69. The summed E-state index contributed by atoms with van der Waals surface area (Å²) in [6, 6.07) is 0. The van der Waals surface area contributed by atoms with Crippen molar-refractivity contribution in [3.8, 4) is 0 Å². The van der Waals surface area contributed by atoms with Crippen molar-refractivity contribution in [1.82, 2.24) is 15.0 Å². The first-order chi connectivity index (χ1) is 7.52. The summed E-state index contributed by atoms with van der Waals surface area (Å²) in [7, 11) is 1.45. The van der Waals surface area contributed by atoms with Gasteiger partial charge in [0.2, 0.25) is 0 Å². The number of nitrogens with zero attached hydrogens (tertiary/aromatic N) is 3. The summed E-state index contributed by atoms with van der Waals surface area (Å²) in [5.74, 6) is -1.46. The van der Waals surface area contributed by atoms with E-state index >= 15 is 0 Å². The standard InChI is InChI=1S/C9H10F3N3O/c1-16-5-15-8-4-6(9(10,11)12)2-3-7(8)13-14-15/h3-4,6H,2,5H2,1H3. The Bertz CT molecular complexity index is 491. The first-order valence-electron chi connectivity index (χ1n) is 4.69. The molecule has 0 saturated heterocycles. The van der Waals surface area contributed by atoms with Gasteiger partial charge in [-0.25, -0.2) is 4.68 Å². The second kappa shape index (κ2) is 3.89. The second-order valence-corrected chi connectivity index (χ2v) is 3.53. The molecule has 88 valence electrons. The molecule has 0 amide bonds. The Morgan fingerprint density at radius 2 is 2.31 bits per heavy atom. The molecule has 4 nitrogen and oxygen atoms in total. The first kappa shape index (κ1) is 11.1. The van der Waals surface area contributed by atoms with E-state index in [-0.39, 0.29) is 13.2 Å². The summed E-state index contributed by atoms with van der Waals surface area (Å²) >= 11 is 0. The molecule has 0 aromatic carbocycles. The zero-order valence-corrected chi connectivity index (χ0v) is 8.53. The van der Waals surface area contributed by atoms with Gasteiger partial charge in [-0.15, -0.1) is 5.10 Å². The van der Waals surface area contributed by atoms with Gasteiger partial charge in [0.25, 0.3) is 0 Å². The van der Waals surface area contributed by atoms with E-state index in [0.29, 0.717) is 10.7 Å². The normalized spacial score (nSPS) is 19.9. The van der Waals surface area contributed by atoms with Gasteiger partial charge < -0.3 is 4.74 Å². The van der Waals surface area contributed by atoms with Crippen LogP contribution in [0.15, 0.2) is 0 Å². The van der Waals surface area contributed by atoms with Gasteiger partial charge >= 0.3 is 6.18 Å². The third kappa shape index (κ3) is 1.95. The number of ether oxygens (including phenoxy) is 1. The van der Waals surface area contributed by atoms with Crippen LogP contribution in [0.1, 0.15) is 6.42 Å². The molecule has 1 unspecified atom stereocenters. The lowest BCUT2D eigenvalue weighted by atomic mass is 10.0. The molecule has 2 rings (SSSR count). The highest BCUT2D eigenvalue weighted by Crippen LogP contribution is 2.30. The Hall–Kier alpha value is -1.37. The minimum Gasteiger partial charge on any atom is -0.362 e. The molecule has 1 aliphatic rings. The summed E-state index contributed by atoms with van der Waals surface area (Å²) in [6.45, 7) is 0.0945. The molecular weight excluding hydrogens is 223 g/mol. The zero-order valence-electron chi connectivity index (χ0n) is 8.53. The van der Waals surface area contributed by atoms with Crippen molar-refractivity contribution < 1.29 is 17.9 Å². The zero-order chi connectivity index (χ0) is 11.8. The number of aromatic nitrogens is 3. The lowest BCUT2D eigenvalue weighted by Gasteiger charge is -2.16. The van der Waals surface area contributed by atoms with E-state index in [9.17, 15) is 13.2 Å². The van der Waals surface area contributed by atoms with E-state index in [0.717, 1.165) is 6.08 Å². The van der Waals surface area contributed by atoms with Crippen LogP contribution in [-0.4, -0.2) is 28.3 Å². The highest BCUT2D eigenvalue weighted by molar-refractivity contribution is 5.37. The van der Waals surface area contributed by atoms with Crippen molar-refractivity contribution in [1.29, 1.82) is 0 Å². The number of hydrogen-bond donors (Lipinski definition) is 0. The van der Waals surface area contributed by atoms with E-state index in [2.05, 4.69) is 10.3 Å². The van der Waals surface area contributed by atoms with Crippen LogP contribution in [0.2, 0.25) is 0 Å². The quantitative estimate of drug-likeness (QED) is 0.723. The predicted molar refractivity (Wildman–Crippen MR) is 49.4 cm³/mol. The topological polar surface area (TPSA) is 39.9 Å². The lowest BCUT2D eigenvalue weighted by Crippen LogP contribution is -2.37. The van der Waals surface area contributed by atoms with Crippen molar-refractivity contribution in [2.24, 2.45) is 5.92 Å². The second-order valence-electron chi connectivity index (χ2n) is 3.53. The summed E-state index contributed by atoms with van der Waals surface area (Å²) in [5, 5.41) is 8.34. The van der Waals surface area contributed by atoms with Crippen LogP contribution in [-0.2, 0) is 11.5 Å². The molecule has 1 aromatic heterocycles. The Kier molecular flexibility index (Phi) is 2.71. The van der Waals surface area contributed by atoms with Gasteiger partial charge in [-0.1, -0.05) is 11.3 Å². The Morgan fingerprint density at radius 3 is 2.94 bits per heavy atom. The number of fused-ring (bicyclic) bond motifs is 1. The lowest BCUT2D eigenvalue weighted by molar-refractivity contribution is -0.155. The van der Waals surface area contributed by atoms with Crippen LogP contribution in [0.4, 0.5) is 13.2 Å². The molecule has 7 heteroatoms. The molecule has 0 radical (unpaired) electrons. The average molecular weight is 233 g/mol. The fourth-order valence-electron chi connectivity index (χ4n) is 1.59. The Balaban J connectivity index is 2.44. The molecule has 1 heterocycles. The largest absolute Gasteiger partial charge is 0.395 e. The SMILES string of the molecule is COCn1nnc2c1=CC(C(F)(F)F)CC=2. The monoisotopic (exact) mass is 233 g/mol. The molecule has 0 aliphatic heterocycles. The summed E-state index contributed by atoms with van der Waals surface area (Å²) in [6.07, 6.45) is -1.71. The minimum absolute atomic E-state index is 0.0812. The molecular formula is C9H10F3N3O. The Morgan fingerprint density at radius 1 is 1.56 bits per heavy atom. The molecule has 0 bridgehead atoms. The van der Waals surface area contributed by atoms with Crippen molar-refractivity contribution in [2.45, 2.75) is 19.3 Å². The number of halogens is 3. The van der Waals surface area contributed by atoms with Crippen LogP contribution >= 0.6 is 0 Å². The van der Waals surface area contributed by atoms with Gasteiger partial charge in [0.15, 0.2) is 0 Å². The van der Waals surface area contributed by atoms with E-state index in [1.54, 1.807) is 0 Å². The molecule has 1 aromatic rings. The maximum atomic E-state index is 12.5. The van der Waals surface area contributed by atoms with Crippen molar-refractivity contribution in [3.63, 3.8) is 0 Å². The third-order valence-electron chi connectivity index (χ3n) is 2.40. The number of methoxy groups -OCH3 is 1. The van der Waals surface area contributed by atoms with E-state index in [4.69, 9.17) is 4.74 Å². The van der Waals surface area contributed by atoms with Crippen molar-refractivity contribution >= 4 is 12.2 Å². The van der Waals surface area contributed by atoms with Crippen LogP contribution in [0.5, 0.6) is 0 Å². The maximum absolute atomic E-state index is 12.5. The van der Waals surface area contributed by atoms with Gasteiger partial charge in [0.05, 0.1) is 11.3 Å². The molecule has 0 spiro atoms. The van der Waals surface area contributed by atoms with E-state index < -0.39 is 12.1 Å². The van der Waals surface area contributed by atoms with Crippen molar-refractivity contribution in [3.05, 3.63) is 10.7 Å². The molecule has 1 atom stereocenters. The average Bonchev–Trinajstić information content (AvgIpc) is 2.60. The van der Waals surface area contributed by atoms with Gasteiger partial charge in [0.1, 0.15) is 12.1 Å². The maximum Gasteiger partial charge on any atom is 0.395 e. The summed E-state index contributed by atoms with van der Waals surface area (Å²) in [5.41, 5.74) is 0. The third-order valence-corrected chi connectivity index (χ3v) is 2.40. The van der Waals surface area contributed by atoms with E-state index in [1.165, 1.54) is 17.9 Å². The van der Waals surface area contributed by atoms with Crippen LogP contribution < -0.4 is 10.7 Å². The molecule has 16 heavy (non-hydrogen) atoms. The fraction of sp³-hybridized carbons (Fsp3) is 0.556. The minimum atomic E-state index is -4.23. The molecule has 0 fully saturated rings. The van der Waals surface area contributed by atoms with Gasteiger partial charge in [-0.05, 0) is 12.5 Å². The van der Waals surface area contributed by atoms with Crippen LogP contribution in [0.3, 0.4) is 0 Å². The summed E-state index contributed by atoms with van der Waals surface area (Å²) < 4.78 is 43.7. The van der Waals surface area contributed by atoms with Crippen molar-refractivity contribution in [2.75, 3.05) is 7.11 Å².